The molecule has 1 aromatic rings. The number of aryl methyl sites for hydroxylation is 1. The highest BCUT2D eigenvalue weighted by Crippen LogP contribution is 2.20. The molecule has 1 unspecified atom stereocenters. The minimum Gasteiger partial charge on any atom is -0.341 e. The molecular weight excluding hydrogens is 390 g/mol. The molecule has 8 heteroatoms. The lowest BCUT2D eigenvalue weighted by Crippen LogP contribution is -2.57. The van der Waals surface area contributed by atoms with Gasteiger partial charge in [-0.3, -0.25) is 14.3 Å². The van der Waals surface area contributed by atoms with Crippen LogP contribution in [0.5, 0.6) is 0 Å². The number of amides is 2. The molecule has 0 bridgehead atoms. The zero-order chi connectivity index (χ0) is 20.3. The normalized spacial score (nSPS) is 20.2. The molecule has 29 heavy (non-hydrogen) atoms. The highest BCUT2D eigenvalue weighted by atomic mass is 35.5. The minimum absolute atomic E-state index is 0. The van der Waals surface area contributed by atoms with Crippen LogP contribution in [-0.2, 0) is 22.6 Å². The van der Waals surface area contributed by atoms with E-state index >= 15 is 0 Å². The van der Waals surface area contributed by atoms with Gasteiger partial charge in [-0.05, 0) is 44.6 Å². The van der Waals surface area contributed by atoms with Crippen LogP contribution in [0.25, 0.3) is 0 Å². The van der Waals surface area contributed by atoms with Crippen molar-refractivity contribution in [3.05, 3.63) is 17.0 Å². The fraction of sp³-hybridized carbons (Fsp3) is 0.762. The molecule has 0 radical (unpaired) electrons. The van der Waals surface area contributed by atoms with Crippen molar-refractivity contribution in [1.29, 1.82) is 0 Å². The van der Waals surface area contributed by atoms with Crippen LogP contribution in [0.15, 0.2) is 0 Å². The summed E-state index contributed by atoms with van der Waals surface area (Å²) in [5.74, 6) is 0.905. The van der Waals surface area contributed by atoms with Crippen LogP contribution >= 0.6 is 12.4 Å². The average Bonchev–Trinajstić information content (AvgIpc) is 2.92. The number of piperidine rings is 1. The van der Waals surface area contributed by atoms with Crippen molar-refractivity contribution in [2.24, 2.45) is 5.92 Å². The van der Waals surface area contributed by atoms with Gasteiger partial charge < -0.3 is 15.1 Å². The predicted octanol–water partition coefficient (Wildman–Crippen LogP) is 1.93. The van der Waals surface area contributed by atoms with E-state index in [2.05, 4.69) is 35.9 Å². The van der Waals surface area contributed by atoms with Crippen LogP contribution in [0, 0.1) is 19.8 Å². The molecule has 0 saturated carbocycles. The van der Waals surface area contributed by atoms with Gasteiger partial charge in [0, 0.05) is 50.9 Å². The second-order valence-electron chi connectivity index (χ2n) is 8.63. The Labute approximate surface area is 180 Å². The van der Waals surface area contributed by atoms with Crippen molar-refractivity contribution >= 4 is 24.2 Å². The standard InChI is InChI=1S/C21H35N5O2.ClH/c1-15(2)13-26-17(4)19(16(3)23-26)7-8-20(27)24-10-5-6-18(14-24)25-11-9-22-12-21(25)28;/h15,18,22H,5-14H2,1-4H3;1H. The van der Waals surface area contributed by atoms with E-state index in [1.807, 2.05) is 16.7 Å². The number of nitrogens with one attached hydrogen (secondary N) is 1. The maximum atomic E-state index is 12.9. The monoisotopic (exact) mass is 425 g/mol. The van der Waals surface area contributed by atoms with Crippen molar-refractivity contribution in [2.75, 3.05) is 32.7 Å². The van der Waals surface area contributed by atoms with Crippen molar-refractivity contribution in [3.63, 3.8) is 0 Å². The summed E-state index contributed by atoms with van der Waals surface area (Å²) in [6.45, 7) is 12.9. The van der Waals surface area contributed by atoms with Gasteiger partial charge in [-0.15, -0.1) is 12.4 Å². The van der Waals surface area contributed by atoms with Gasteiger partial charge in [0.25, 0.3) is 0 Å². The molecule has 2 aliphatic heterocycles. The molecule has 0 aromatic carbocycles. The average molecular weight is 426 g/mol. The topological polar surface area (TPSA) is 70.5 Å². The van der Waals surface area contributed by atoms with Gasteiger partial charge in [0.05, 0.1) is 12.2 Å². The Hall–Kier alpha value is -1.60. The van der Waals surface area contributed by atoms with Crippen LogP contribution in [-0.4, -0.2) is 70.2 Å². The van der Waals surface area contributed by atoms with Crippen molar-refractivity contribution in [3.8, 4) is 0 Å². The summed E-state index contributed by atoms with van der Waals surface area (Å²) < 4.78 is 2.08. The first-order chi connectivity index (χ1) is 13.4. The molecule has 1 atom stereocenters. The highest BCUT2D eigenvalue weighted by Gasteiger charge is 2.31. The Balaban J connectivity index is 0.00000300. The number of carbonyl (C=O) groups excluding carboxylic acids is 2. The Bertz CT molecular complexity index is 718. The zero-order valence-electron chi connectivity index (χ0n) is 18.2. The highest BCUT2D eigenvalue weighted by molar-refractivity contribution is 5.85. The molecule has 3 heterocycles. The van der Waals surface area contributed by atoms with Crippen molar-refractivity contribution in [2.45, 2.75) is 66.0 Å². The van der Waals surface area contributed by atoms with E-state index in [1.165, 1.54) is 11.3 Å². The van der Waals surface area contributed by atoms with Gasteiger partial charge in [0.2, 0.25) is 11.8 Å². The molecule has 1 aromatic heterocycles. The third-order valence-corrected chi connectivity index (χ3v) is 5.97. The minimum atomic E-state index is 0. The van der Waals surface area contributed by atoms with Gasteiger partial charge in [0.15, 0.2) is 0 Å². The third-order valence-electron chi connectivity index (χ3n) is 5.97. The maximum Gasteiger partial charge on any atom is 0.236 e. The first kappa shape index (κ1) is 23.7. The van der Waals surface area contributed by atoms with Crippen LogP contribution in [0.4, 0.5) is 0 Å². The number of hydrogen-bond acceptors (Lipinski definition) is 4. The van der Waals surface area contributed by atoms with Crippen molar-refractivity contribution in [1.82, 2.24) is 24.9 Å². The Morgan fingerprint density at radius 1 is 1.28 bits per heavy atom. The molecule has 164 valence electrons. The molecule has 1 N–H and O–H groups in total. The molecular formula is C21H36ClN5O2. The van der Waals surface area contributed by atoms with Crippen LogP contribution in [0.2, 0.25) is 0 Å². The van der Waals surface area contributed by atoms with Gasteiger partial charge in [0.1, 0.15) is 0 Å². The van der Waals surface area contributed by atoms with Gasteiger partial charge in [-0.1, -0.05) is 13.8 Å². The van der Waals surface area contributed by atoms with E-state index in [9.17, 15) is 9.59 Å². The second-order valence-corrected chi connectivity index (χ2v) is 8.63. The first-order valence-corrected chi connectivity index (χ1v) is 10.7. The summed E-state index contributed by atoms with van der Waals surface area (Å²) in [6.07, 6.45) is 3.22. The SMILES string of the molecule is Cc1nn(CC(C)C)c(C)c1CCC(=O)N1CCCC(N2CCNCC2=O)C1.Cl. The predicted molar refractivity (Wildman–Crippen MR) is 116 cm³/mol. The summed E-state index contributed by atoms with van der Waals surface area (Å²) in [7, 11) is 0. The third kappa shape index (κ3) is 5.72. The summed E-state index contributed by atoms with van der Waals surface area (Å²) in [4.78, 5) is 29.0. The Morgan fingerprint density at radius 3 is 2.72 bits per heavy atom. The smallest absolute Gasteiger partial charge is 0.236 e. The van der Waals surface area contributed by atoms with Gasteiger partial charge in [-0.25, -0.2) is 0 Å². The fourth-order valence-corrected chi connectivity index (χ4v) is 4.45. The Kier molecular flexibility index (Phi) is 8.52. The van der Waals surface area contributed by atoms with E-state index < -0.39 is 0 Å². The van der Waals surface area contributed by atoms with E-state index in [1.54, 1.807) is 0 Å². The number of piperazine rings is 1. The second kappa shape index (κ2) is 10.4. The number of nitrogens with zero attached hydrogens (tertiary/aromatic N) is 4. The van der Waals surface area contributed by atoms with Crippen LogP contribution in [0.1, 0.15) is 50.1 Å². The summed E-state index contributed by atoms with van der Waals surface area (Å²) in [5, 5.41) is 7.78. The lowest BCUT2D eigenvalue weighted by molar-refractivity contribution is -0.140. The maximum absolute atomic E-state index is 12.9. The van der Waals surface area contributed by atoms with E-state index in [-0.39, 0.29) is 30.3 Å². The first-order valence-electron chi connectivity index (χ1n) is 10.7. The zero-order valence-corrected chi connectivity index (χ0v) is 19.1. The number of aromatic nitrogens is 2. The summed E-state index contributed by atoms with van der Waals surface area (Å²) >= 11 is 0. The van der Waals surface area contributed by atoms with Gasteiger partial charge >= 0.3 is 0 Å². The Morgan fingerprint density at radius 2 is 2.03 bits per heavy atom. The molecule has 3 rings (SSSR count). The van der Waals surface area contributed by atoms with E-state index in [0.717, 1.165) is 51.1 Å². The molecule has 2 amide bonds. The largest absolute Gasteiger partial charge is 0.341 e. The quantitative estimate of drug-likeness (QED) is 0.756. The molecule has 2 aliphatic rings. The van der Waals surface area contributed by atoms with E-state index in [0.29, 0.717) is 25.4 Å². The molecule has 0 spiro atoms. The molecule has 7 nitrogen and oxygen atoms in total. The van der Waals surface area contributed by atoms with Gasteiger partial charge in [-0.2, -0.15) is 5.10 Å². The lowest BCUT2D eigenvalue weighted by Gasteiger charge is -2.41. The number of hydrogen-bond donors (Lipinski definition) is 1. The van der Waals surface area contributed by atoms with Crippen molar-refractivity contribution < 1.29 is 9.59 Å². The fourth-order valence-electron chi connectivity index (χ4n) is 4.45. The molecule has 0 aliphatic carbocycles. The summed E-state index contributed by atoms with van der Waals surface area (Å²) in [6, 6.07) is 0.171. The number of rotatable bonds is 6. The number of halogens is 1. The van der Waals surface area contributed by atoms with Crippen LogP contribution in [0.3, 0.4) is 0 Å². The molecule has 2 saturated heterocycles. The summed E-state index contributed by atoms with van der Waals surface area (Å²) in [5.41, 5.74) is 3.43. The number of carbonyl (C=O) groups is 2. The van der Waals surface area contributed by atoms with E-state index in [4.69, 9.17) is 0 Å². The lowest BCUT2D eigenvalue weighted by atomic mass is 10.0. The number of likely N-dealkylation sites (tertiary alicyclic amines) is 1. The van der Waals surface area contributed by atoms with Crippen LogP contribution < -0.4 is 5.32 Å². The molecule has 2 fully saturated rings.